The van der Waals surface area contributed by atoms with E-state index in [9.17, 15) is 0 Å². The van der Waals surface area contributed by atoms with Crippen molar-refractivity contribution in [3.05, 3.63) is 121 Å². The molecule has 0 amide bonds. The monoisotopic (exact) mass is 412 g/mol. The van der Waals surface area contributed by atoms with Gasteiger partial charge in [-0.3, -0.25) is 0 Å². The molecule has 0 aliphatic heterocycles. The van der Waals surface area contributed by atoms with Crippen LogP contribution in [0.1, 0.15) is 6.92 Å². The highest BCUT2D eigenvalue weighted by Crippen LogP contribution is 2.46. The molecule has 144 valence electrons. The molecule has 0 unspecified atom stereocenters. The molecule has 0 aromatic heterocycles. The lowest BCUT2D eigenvalue weighted by Gasteiger charge is -2.30. The fourth-order valence-corrected chi connectivity index (χ4v) is 9.51. The molecule has 1 atom stereocenters. The first-order chi connectivity index (χ1) is 14.3. The summed E-state index contributed by atoms with van der Waals surface area (Å²) >= 11 is 0. The Balaban J connectivity index is 1.70. The smallest absolute Gasteiger partial charge is 0.0112 e. The summed E-state index contributed by atoms with van der Waals surface area (Å²) in [6.07, 6.45) is 1.19. The van der Waals surface area contributed by atoms with Crippen LogP contribution in [-0.2, 0) is 0 Å². The van der Waals surface area contributed by atoms with Gasteiger partial charge in [0.05, 0.1) is 0 Å². The van der Waals surface area contributed by atoms with E-state index >= 15 is 0 Å². The van der Waals surface area contributed by atoms with Gasteiger partial charge in [-0.2, -0.15) is 0 Å². The molecule has 0 aliphatic rings. The van der Waals surface area contributed by atoms with Crippen LogP contribution in [0.5, 0.6) is 0 Å². The first-order valence-corrected chi connectivity index (χ1v) is 13.0. The predicted molar refractivity (Wildman–Crippen MR) is 132 cm³/mol. The van der Waals surface area contributed by atoms with Gasteiger partial charge in [0.25, 0.3) is 0 Å². The van der Waals surface area contributed by atoms with Crippen LogP contribution in [0.2, 0.25) is 0 Å². The Labute approximate surface area is 177 Å². The van der Waals surface area contributed by atoms with Crippen LogP contribution < -0.4 is 21.2 Å². The van der Waals surface area contributed by atoms with Crippen LogP contribution in [0, 0.1) is 0 Å². The van der Waals surface area contributed by atoms with Gasteiger partial charge < -0.3 is 0 Å². The third-order valence-electron chi connectivity index (χ3n) is 5.09. The highest BCUT2D eigenvalue weighted by Gasteiger charge is 2.25. The van der Waals surface area contributed by atoms with E-state index in [0.29, 0.717) is 5.66 Å². The number of benzene rings is 4. The summed E-state index contributed by atoms with van der Waals surface area (Å²) in [4.78, 5) is 0. The third kappa shape index (κ3) is 5.02. The van der Waals surface area contributed by atoms with Crippen molar-refractivity contribution in [1.82, 2.24) is 0 Å². The van der Waals surface area contributed by atoms with E-state index in [-0.39, 0.29) is 7.92 Å². The van der Waals surface area contributed by atoms with Crippen molar-refractivity contribution in [3.63, 3.8) is 0 Å². The zero-order valence-electron chi connectivity index (χ0n) is 16.7. The summed E-state index contributed by atoms with van der Waals surface area (Å²) in [5, 5.41) is 5.88. The largest absolute Gasteiger partial charge is 0.0622 e. The highest BCUT2D eigenvalue weighted by atomic mass is 31.1. The molecule has 4 aromatic rings. The summed E-state index contributed by atoms with van der Waals surface area (Å²) in [6.45, 7) is 2.45. The van der Waals surface area contributed by atoms with Crippen LogP contribution in [0.4, 0.5) is 0 Å². The first kappa shape index (κ1) is 20.0. The Morgan fingerprint density at radius 3 is 1.14 bits per heavy atom. The van der Waals surface area contributed by atoms with Gasteiger partial charge in [0.15, 0.2) is 0 Å². The quantitative estimate of drug-likeness (QED) is 0.345. The Morgan fingerprint density at radius 1 is 0.483 bits per heavy atom. The predicted octanol–water partition coefficient (Wildman–Crippen LogP) is 5.64. The average Bonchev–Trinajstić information content (AvgIpc) is 2.80. The van der Waals surface area contributed by atoms with Crippen LogP contribution in [0.3, 0.4) is 0 Å². The van der Waals surface area contributed by atoms with Gasteiger partial charge >= 0.3 is 0 Å². The van der Waals surface area contributed by atoms with Crippen LogP contribution in [-0.4, -0.2) is 11.8 Å². The summed E-state index contributed by atoms with van der Waals surface area (Å²) < 4.78 is 0. The molecule has 0 spiro atoms. The molecule has 0 radical (unpaired) electrons. The second-order valence-corrected chi connectivity index (χ2v) is 12.1. The Hall–Kier alpha value is -2.26. The number of hydrogen-bond acceptors (Lipinski definition) is 0. The molecule has 0 nitrogen and oxygen atoms in total. The maximum Gasteiger partial charge on any atom is -0.0112 e. The maximum atomic E-state index is 2.45. The lowest BCUT2D eigenvalue weighted by Crippen LogP contribution is -2.25. The molecule has 0 N–H and O–H groups in total. The topological polar surface area (TPSA) is 0 Å². The van der Waals surface area contributed by atoms with Crippen molar-refractivity contribution in [3.8, 4) is 0 Å². The highest BCUT2D eigenvalue weighted by molar-refractivity contribution is 7.77. The summed E-state index contributed by atoms with van der Waals surface area (Å²) in [6, 6.07) is 44.3. The molecule has 2 heteroatoms. The normalized spacial score (nSPS) is 12.2. The molecule has 0 bridgehead atoms. The summed E-state index contributed by atoms with van der Waals surface area (Å²) in [5.41, 5.74) is 0.585. The second-order valence-electron chi connectivity index (χ2n) is 7.17. The fourth-order valence-electron chi connectivity index (χ4n) is 3.76. The Kier molecular flexibility index (Phi) is 6.89. The zero-order valence-corrected chi connectivity index (χ0v) is 18.5. The van der Waals surface area contributed by atoms with E-state index in [2.05, 4.69) is 128 Å². The minimum atomic E-state index is -0.409. The van der Waals surface area contributed by atoms with Crippen LogP contribution >= 0.6 is 15.8 Å². The molecule has 4 rings (SSSR count). The number of hydrogen-bond donors (Lipinski definition) is 0. The van der Waals surface area contributed by atoms with Gasteiger partial charge in [0.2, 0.25) is 0 Å². The molecule has 0 heterocycles. The van der Waals surface area contributed by atoms with E-state index in [4.69, 9.17) is 0 Å². The minimum Gasteiger partial charge on any atom is -0.0622 e. The second kappa shape index (κ2) is 9.98. The molecule has 29 heavy (non-hydrogen) atoms. The molecule has 0 fully saturated rings. The fraction of sp³-hybridized carbons (Fsp3) is 0.111. The van der Waals surface area contributed by atoms with Gasteiger partial charge in [-0.15, -0.1) is 0 Å². The van der Waals surface area contributed by atoms with Gasteiger partial charge in [0.1, 0.15) is 0 Å². The third-order valence-corrected chi connectivity index (χ3v) is 10.9. The lowest BCUT2D eigenvalue weighted by molar-refractivity contribution is 1.11. The molecule has 4 aromatic carbocycles. The van der Waals surface area contributed by atoms with Crippen LogP contribution in [0.25, 0.3) is 0 Å². The zero-order chi connectivity index (χ0) is 19.9. The Bertz CT molecular complexity index is 907. The molecule has 0 aliphatic carbocycles. The van der Waals surface area contributed by atoms with E-state index in [1.807, 2.05) is 0 Å². The van der Waals surface area contributed by atoms with Crippen molar-refractivity contribution < 1.29 is 0 Å². The Morgan fingerprint density at radius 2 is 0.793 bits per heavy atom. The van der Waals surface area contributed by atoms with Crippen molar-refractivity contribution in [2.75, 3.05) is 6.16 Å². The van der Waals surface area contributed by atoms with Crippen molar-refractivity contribution in [1.29, 1.82) is 0 Å². The van der Waals surface area contributed by atoms with E-state index in [1.165, 1.54) is 27.4 Å². The lowest BCUT2D eigenvalue weighted by atomic mass is 10.4. The van der Waals surface area contributed by atoms with E-state index in [1.54, 1.807) is 0 Å². The van der Waals surface area contributed by atoms with Crippen molar-refractivity contribution in [2.24, 2.45) is 0 Å². The van der Waals surface area contributed by atoms with Gasteiger partial charge in [-0.25, -0.2) is 0 Å². The SMILES string of the molecule is C[C@@H](CP(c1ccccc1)c1ccccc1)P(c1ccccc1)c1ccccc1. The molecule has 0 saturated carbocycles. The first-order valence-electron chi connectivity index (χ1n) is 10.1. The van der Waals surface area contributed by atoms with Crippen molar-refractivity contribution in [2.45, 2.75) is 12.6 Å². The van der Waals surface area contributed by atoms with Crippen molar-refractivity contribution >= 4 is 37.1 Å². The number of rotatable bonds is 7. The van der Waals surface area contributed by atoms with Gasteiger partial charge in [0, 0.05) is 0 Å². The van der Waals surface area contributed by atoms with Crippen LogP contribution in [0.15, 0.2) is 121 Å². The summed E-state index contributed by atoms with van der Waals surface area (Å²) in [7, 11) is -0.796. The van der Waals surface area contributed by atoms with Gasteiger partial charge in [-0.05, 0) is 48.9 Å². The van der Waals surface area contributed by atoms with E-state index in [0.717, 1.165) is 0 Å². The molecule has 0 saturated heterocycles. The van der Waals surface area contributed by atoms with Gasteiger partial charge in [-0.1, -0.05) is 128 Å². The molecular formula is C27H26P2. The molecular weight excluding hydrogens is 386 g/mol. The minimum absolute atomic E-state index is 0.387. The average molecular weight is 412 g/mol. The summed E-state index contributed by atoms with van der Waals surface area (Å²) in [5.74, 6) is 0. The standard InChI is InChI=1S/C27H26P2/c1-23(29(26-18-10-4-11-19-26)27-20-12-5-13-21-27)22-28(24-14-6-2-7-15-24)25-16-8-3-9-17-25/h2-21,23H,22H2,1H3/t23-/m0/s1. The van der Waals surface area contributed by atoms with E-state index < -0.39 is 7.92 Å². The maximum absolute atomic E-state index is 2.45.